The standard InChI is InChI=1S/C10H14F2N2O2/c1-6(2)3-4-14-8(9(11)12)7(5-13-14)10(15)16/h5-6,9H,3-4H2,1-2H3,(H,15,16). The number of aryl methyl sites for hydroxylation is 1. The van der Waals surface area contributed by atoms with E-state index in [4.69, 9.17) is 5.11 Å². The van der Waals surface area contributed by atoms with E-state index in [1.54, 1.807) is 0 Å². The van der Waals surface area contributed by atoms with Crippen LogP contribution in [0.5, 0.6) is 0 Å². The van der Waals surface area contributed by atoms with Crippen molar-refractivity contribution in [1.82, 2.24) is 9.78 Å². The zero-order valence-corrected chi connectivity index (χ0v) is 9.15. The molecule has 1 N–H and O–H groups in total. The third-order valence-electron chi connectivity index (χ3n) is 2.24. The number of rotatable bonds is 5. The third kappa shape index (κ3) is 2.77. The molecule has 0 bridgehead atoms. The molecule has 1 heterocycles. The molecule has 0 aliphatic rings. The molecule has 1 aromatic heterocycles. The van der Waals surface area contributed by atoms with Crippen LogP contribution in [0, 0.1) is 5.92 Å². The van der Waals surface area contributed by atoms with Gasteiger partial charge in [-0.3, -0.25) is 4.68 Å². The van der Waals surface area contributed by atoms with Gasteiger partial charge in [-0.25, -0.2) is 13.6 Å². The normalized spacial score (nSPS) is 11.4. The molecule has 0 atom stereocenters. The minimum Gasteiger partial charge on any atom is -0.478 e. The van der Waals surface area contributed by atoms with Gasteiger partial charge in [-0.2, -0.15) is 5.10 Å². The van der Waals surface area contributed by atoms with Crippen LogP contribution in [-0.4, -0.2) is 20.9 Å². The number of halogens is 2. The topological polar surface area (TPSA) is 55.1 Å². The van der Waals surface area contributed by atoms with Crippen molar-refractivity contribution in [3.8, 4) is 0 Å². The van der Waals surface area contributed by atoms with Crippen molar-refractivity contribution in [3.05, 3.63) is 17.5 Å². The summed E-state index contributed by atoms with van der Waals surface area (Å²) in [7, 11) is 0. The summed E-state index contributed by atoms with van der Waals surface area (Å²) in [5, 5.41) is 12.4. The summed E-state index contributed by atoms with van der Waals surface area (Å²) in [4.78, 5) is 10.7. The SMILES string of the molecule is CC(C)CCn1ncc(C(=O)O)c1C(F)F. The molecule has 0 unspecified atom stereocenters. The molecule has 1 aromatic rings. The zero-order chi connectivity index (χ0) is 12.3. The van der Waals surface area contributed by atoms with Gasteiger partial charge in [0, 0.05) is 6.54 Å². The molecular weight excluding hydrogens is 218 g/mol. The number of carboxylic acid groups (broad SMARTS) is 1. The lowest BCUT2D eigenvalue weighted by atomic mass is 10.1. The molecule has 90 valence electrons. The highest BCUT2D eigenvalue weighted by Gasteiger charge is 2.23. The Bertz CT molecular complexity index is 375. The van der Waals surface area contributed by atoms with E-state index in [-0.39, 0.29) is 0 Å². The summed E-state index contributed by atoms with van der Waals surface area (Å²) in [6.45, 7) is 4.23. The van der Waals surface area contributed by atoms with Gasteiger partial charge in [0.05, 0.1) is 6.20 Å². The Labute approximate surface area is 91.9 Å². The van der Waals surface area contributed by atoms with E-state index in [1.807, 2.05) is 13.8 Å². The van der Waals surface area contributed by atoms with Gasteiger partial charge in [0.2, 0.25) is 0 Å². The maximum absolute atomic E-state index is 12.7. The van der Waals surface area contributed by atoms with Crippen LogP contribution in [0.15, 0.2) is 6.20 Å². The van der Waals surface area contributed by atoms with Gasteiger partial charge < -0.3 is 5.11 Å². The Hall–Kier alpha value is -1.46. The molecule has 0 fully saturated rings. The summed E-state index contributed by atoms with van der Waals surface area (Å²) >= 11 is 0. The second-order valence-corrected chi connectivity index (χ2v) is 3.95. The molecule has 0 spiro atoms. The molecule has 0 aliphatic carbocycles. The Morgan fingerprint density at radius 3 is 2.62 bits per heavy atom. The van der Waals surface area contributed by atoms with Crippen molar-refractivity contribution in [3.63, 3.8) is 0 Å². The molecule has 0 amide bonds. The smallest absolute Gasteiger partial charge is 0.339 e. The maximum atomic E-state index is 12.7. The molecule has 16 heavy (non-hydrogen) atoms. The Balaban J connectivity index is 2.96. The molecule has 0 radical (unpaired) electrons. The minimum atomic E-state index is -2.82. The Morgan fingerprint density at radius 1 is 1.56 bits per heavy atom. The molecule has 0 saturated carbocycles. The van der Waals surface area contributed by atoms with Crippen molar-refractivity contribution in [2.75, 3.05) is 0 Å². The van der Waals surface area contributed by atoms with Crippen LogP contribution in [0.4, 0.5) is 8.78 Å². The van der Waals surface area contributed by atoms with E-state index in [0.29, 0.717) is 18.9 Å². The first kappa shape index (κ1) is 12.6. The number of aromatic carboxylic acids is 1. The van der Waals surface area contributed by atoms with Gasteiger partial charge in [0.25, 0.3) is 6.43 Å². The minimum absolute atomic E-state index is 0.310. The van der Waals surface area contributed by atoms with Gasteiger partial charge >= 0.3 is 5.97 Å². The van der Waals surface area contributed by atoms with Gasteiger partial charge in [-0.05, 0) is 12.3 Å². The number of carboxylic acids is 1. The van der Waals surface area contributed by atoms with Crippen LogP contribution in [0.25, 0.3) is 0 Å². The number of nitrogens with zero attached hydrogens (tertiary/aromatic N) is 2. The third-order valence-corrected chi connectivity index (χ3v) is 2.24. The van der Waals surface area contributed by atoms with Gasteiger partial charge in [-0.15, -0.1) is 0 Å². The van der Waals surface area contributed by atoms with Crippen molar-refractivity contribution in [1.29, 1.82) is 0 Å². The van der Waals surface area contributed by atoms with E-state index in [9.17, 15) is 13.6 Å². The fraction of sp³-hybridized carbons (Fsp3) is 0.600. The first-order chi connectivity index (χ1) is 7.43. The summed E-state index contributed by atoms with van der Waals surface area (Å²) in [6, 6.07) is 0. The maximum Gasteiger partial charge on any atom is 0.339 e. The van der Waals surface area contributed by atoms with Crippen molar-refractivity contribution in [2.45, 2.75) is 33.2 Å². The van der Waals surface area contributed by atoms with E-state index >= 15 is 0 Å². The predicted molar refractivity (Wildman–Crippen MR) is 53.6 cm³/mol. The molecule has 6 heteroatoms. The lowest BCUT2D eigenvalue weighted by Crippen LogP contribution is -2.10. The predicted octanol–water partition coefficient (Wildman–Crippen LogP) is 2.57. The fourth-order valence-electron chi connectivity index (χ4n) is 1.35. The van der Waals surface area contributed by atoms with Crippen LogP contribution in [0.2, 0.25) is 0 Å². The van der Waals surface area contributed by atoms with Gasteiger partial charge in [0.1, 0.15) is 11.3 Å². The highest BCUT2D eigenvalue weighted by atomic mass is 19.3. The fourth-order valence-corrected chi connectivity index (χ4v) is 1.35. The Kier molecular flexibility index (Phi) is 3.98. The number of carbonyl (C=O) groups is 1. The first-order valence-corrected chi connectivity index (χ1v) is 5.00. The summed E-state index contributed by atoms with van der Waals surface area (Å²) in [5.41, 5.74) is -0.924. The highest BCUT2D eigenvalue weighted by Crippen LogP contribution is 2.23. The summed E-state index contributed by atoms with van der Waals surface area (Å²) < 4.78 is 26.4. The van der Waals surface area contributed by atoms with Crippen LogP contribution in [-0.2, 0) is 6.54 Å². The second kappa shape index (κ2) is 5.05. The quantitative estimate of drug-likeness (QED) is 0.848. The number of alkyl halides is 2. The molecule has 0 aromatic carbocycles. The van der Waals surface area contributed by atoms with E-state index in [0.717, 1.165) is 10.9 Å². The van der Waals surface area contributed by atoms with Crippen LogP contribution in [0.3, 0.4) is 0 Å². The molecule has 0 aliphatic heterocycles. The van der Waals surface area contributed by atoms with E-state index in [1.165, 1.54) is 0 Å². The second-order valence-electron chi connectivity index (χ2n) is 3.95. The largest absolute Gasteiger partial charge is 0.478 e. The highest BCUT2D eigenvalue weighted by molar-refractivity contribution is 5.88. The van der Waals surface area contributed by atoms with E-state index in [2.05, 4.69) is 5.10 Å². The van der Waals surface area contributed by atoms with Crippen molar-refractivity contribution in [2.24, 2.45) is 5.92 Å². The molecule has 1 rings (SSSR count). The lowest BCUT2D eigenvalue weighted by molar-refractivity contribution is 0.0682. The van der Waals surface area contributed by atoms with Crippen LogP contribution in [0.1, 0.15) is 42.7 Å². The monoisotopic (exact) mass is 232 g/mol. The number of hydrogen-bond donors (Lipinski definition) is 1. The molecule has 4 nitrogen and oxygen atoms in total. The molecular formula is C10H14F2N2O2. The van der Waals surface area contributed by atoms with Crippen LogP contribution < -0.4 is 0 Å². The summed E-state index contributed by atoms with van der Waals surface area (Å²) in [6.07, 6.45) is -1.16. The lowest BCUT2D eigenvalue weighted by Gasteiger charge is -2.09. The van der Waals surface area contributed by atoms with E-state index < -0.39 is 23.7 Å². The average molecular weight is 232 g/mol. The zero-order valence-electron chi connectivity index (χ0n) is 9.15. The van der Waals surface area contributed by atoms with Crippen molar-refractivity contribution < 1.29 is 18.7 Å². The number of aromatic nitrogens is 2. The van der Waals surface area contributed by atoms with Crippen molar-refractivity contribution >= 4 is 5.97 Å². The summed E-state index contributed by atoms with van der Waals surface area (Å²) in [5.74, 6) is -1.02. The first-order valence-electron chi connectivity index (χ1n) is 5.00. The van der Waals surface area contributed by atoms with Crippen LogP contribution >= 0.6 is 0 Å². The average Bonchev–Trinajstić information content (AvgIpc) is 2.57. The van der Waals surface area contributed by atoms with Gasteiger partial charge in [-0.1, -0.05) is 13.8 Å². The van der Waals surface area contributed by atoms with Gasteiger partial charge in [0.15, 0.2) is 0 Å². The Morgan fingerprint density at radius 2 is 2.19 bits per heavy atom. The molecule has 0 saturated heterocycles. The number of hydrogen-bond acceptors (Lipinski definition) is 2.